The predicted octanol–water partition coefficient (Wildman–Crippen LogP) is 7.20. The summed E-state index contributed by atoms with van der Waals surface area (Å²) in [5.74, 6) is 1.54. The molecule has 3 aromatic carbocycles. The summed E-state index contributed by atoms with van der Waals surface area (Å²) in [4.78, 5) is 11.4. The number of thiophene rings is 1. The molecule has 0 N–H and O–H groups in total. The predicted molar refractivity (Wildman–Crippen MR) is 147 cm³/mol. The standard InChI is InChI=1S/C31H34O4S/c1-3-8-28-29(35-20-7-19-34-26-15-12-24(13-16-26)21-30(32)33-2)18-17-27-25(22-36-31(27)28)14-11-23-9-5-4-6-10-23/h4-6,9-10,12-13,15-18,22H,3,7-8,11,14,19-21H2,1-2H3. The zero-order valence-electron chi connectivity index (χ0n) is 21.1. The van der Waals surface area contributed by atoms with E-state index in [1.54, 1.807) is 0 Å². The number of aryl methyl sites for hydroxylation is 3. The first-order chi connectivity index (χ1) is 17.7. The molecule has 0 radical (unpaired) electrons. The average Bonchev–Trinajstić information content (AvgIpc) is 3.33. The summed E-state index contributed by atoms with van der Waals surface area (Å²) in [5, 5.41) is 3.69. The Labute approximate surface area is 217 Å². The lowest BCUT2D eigenvalue weighted by molar-refractivity contribution is -0.139. The van der Waals surface area contributed by atoms with Crippen LogP contribution in [0.3, 0.4) is 0 Å². The van der Waals surface area contributed by atoms with Crippen LogP contribution in [-0.4, -0.2) is 26.3 Å². The lowest BCUT2D eigenvalue weighted by Gasteiger charge is -2.13. The van der Waals surface area contributed by atoms with Gasteiger partial charge in [0.25, 0.3) is 0 Å². The summed E-state index contributed by atoms with van der Waals surface area (Å²) in [6.07, 6.45) is 5.27. The Kier molecular flexibility index (Phi) is 9.40. The summed E-state index contributed by atoms with van der Waals surface area (Å²) in [6, 6.07) is 22.6. The van der Waals surface area contributed by atoms with Crippen molar-refractivity contribution in [3.05, 3.63) is 94.4 Å². The van der Waals surface area contributed by atoms with Gasteiger partial charge in [-0.25, -0.2) is 0 Å². The van der Waals surface area contributed by atoms with E-state index in [0.717, 1.165) is 49.2 Å². The van der Waals surface area contributed by atoms with Crippen LogP contribution >= 0.6 is 11.3 Å². The summed E-state index contributed by atoms with van der Waals surface area (Å²) >= 11 is 1.84. The van der Waals surface area contributed by atoms with Crippen molar-refractivity contribution < 1.29 is 19.0 Å². The molecule has 0 unspecified atom stereocenters. The molecule has 188 valence electrons. The van der Waals surface area contributed by atoms with E-state index in [4.69, 9.17) is 14.2 Å². The number of hydrogen-bond acceptors (Lipinski definition) is 5. The third-order valence-electron chi connectivity index (χ3n) is 6.22. The van der Waals surface area contributed by atoms with Crippen LogP contribution < -0.4 is 9.47 Å². The summed E-state index contributed by atoms with van der Waals surface area (Å²) in [6.45, 7) is 3.40. The van der Waals surface area contributed by atoms with Crippen molar-refractivity contribution in [2.45, 2.75) is 45.4 Å². The molecule has 0 aliphatic rings. The van der Waals surface area contributed by atoms with E-state index in [1.807, 2.05) is 35.6 Å². The fraction of sp³-hybridized carbons (Fsp3) is 0.323. The van der Waals surface area contributed by atoms with Gasteiger partial charge in [0.05, 0.1) is 26.7 Å². The van der Waals surface area contributed by atoms with Crippen LogP contribution in [0.5, 0.6) is 11.5 Å². The van der Waals surface area contributed by atoms with E-state index in [-0.39, 0.29) is 12.4 Å². The van der Waals surface area contributed by atoms with Crippen LogP contribution in [0.2, 0.25) is 0 Å². The molecular weight excluding hydrogens is 468 g/mol. The van der Waals surface area contributed by atoms with Gasteiger partial charge in [0, 0.05) is 16.7 Å². The first kappa shape index (κ1) is 25.8. The van der Waals surface area contributed by atoms with Crippen molar-refractivity contribution in [1.82, 2.24) is 0 Å². The van der Waals surface area contributed by atoms with E-state index < -0.39 is 0 Å². The molecule has 1 heterocycles. The zero-order chi connectivity index (χ0) is 25.2. The number of carbonyl (C=O) groups excluding carboxylic acids is 1. The molecule has 0 saturated heterocycles. The van der Waals surface area contributed by atoms with E-state index >= 15 is 0 Å². The largest absolute Gasteiger partial charge is 0.493 e. The van der Waals surface area contributed by atoms with Crippen molar-refractivity contribution in [2.24, 2.45) is 0 Å². The maximum absolute atomic E-state index is 11.4. The number of rotatable bonds is 13. The highest BCUT2D eigenvalue weighted by Crippen LogP contribution is 2.36. The summed E-state index contributed by atoms with van der Waals surface area (Å²) in [7, 11) is 1.40. The van der Waals surface area contributed by atoms with Gasteiger partial charge < -0.3 is 14.2 Å². The fourth-order valence-corrected chi connectivity index (χ4v) is 5.48. The number of esters is 1. The van der Waals surface area contributed by atoms with Gasteiger partial charge >= 0.3 is 5.97 Å². The van der Waals surface area contributed by atoms with Gasteiger partial charge in [-0.3, -0.25) is 4.79 Å². The molecule has 4 rings (SSSR count). The molecule has 1 aromatic heterocycles. The molecule has 0 amide bonds. The quantitative estimate of drug-likeness (QED) is 0.143. The Morgan fingerprint density at radius 3 is 2.36 bits per heavy atom. The van der Waals surface area contributed by atoms with Gasteiger partial charge in [0.2, 0.25) is 0 Å². The lowest BCUT2D eigenvalue weighted by atomic mass is 10.0. The molecule has 5 heteroatoms. The second kappa shape index (κ2) is 13.1. The van der Waals surface area contributed by atoms with E-state index in [9.17, 15) is 4.79 Å². The second-order valence-electron chi connectivity index (χ2n) is 8.86. The minimum Gasteiger partial charge on any atom is -0.493 e. The minimum atomic E-state index is -0.243. The van der Waals surface area contributed by atoms with Crippen molar-refractivity contribution >= 4 is 27.4 Å². The molecule has 0 fully saturated rings. The van der Waals surface area contributed by atoms with Crippen molar-refractivity contribution in [3.8, 4) is 11.5 Å². The molecule has 0 spiro atoms. The Bertz CT molecular complexity index is 1250. The Hall–Kier alpha value is -3.31. The zero-order valence-corrected chi connectivity index (χ0v) is 21.9. The Balaban J connectivity index is 1.31. The summed E-state index contributed by atoms with van der Waals surface area (Å²) in [5.41, 5.74) is 5.04. The molecule has 0 aliphatic carbocycles. The second-order valence-corrected chi connectivity index (χ2v) is 9.74. The van der Waals surface area contributed by atoms with Crippen molar-refractivity contribution in [1.29, 1.82) is 0 Å². The molecule has 0 saturated carbocycles. The number of carbonyl (C=O) groups is 1. The monoisotopic (exact) mass is 502 g/mol. The van der Waals surface area contributed by atoms with E-state index in [2.05, 4.69) is 54.8 Å². The highest BCUT2D eigenvalue weighted by atomic mass is 32.1. The smallest absolute Gasteiger partial charge is 0.309 e. The van der Waals surface area contributed by atoms with E-state index in [1.165, 1.54) is 33.9 Å². The number of ether oxygens (including phenoxy) is 3. The molecular formula is C31H34O4S. The van der Waals surface area contributed by atoms with Gasteiger partial charge in [-0.2, -0.15) is 0 Å². The van der Waals surface area contributed by atoms with Gasteiger partial charge in [0.1, 0.15) is 11.5 Å². The normalized spacial score (nSPS) is 10.9. The van der Waals surface area contributed by atoms with Crippen LogP contribution in [0.4, 0.5) is 0 Å². The first-order valence-electron chi connectivity index (χ1n) is 12.6. The maximum atomic E-state index is 11.4. The van der Waals surface area contributed by atoms with Gasteiger partial charge in [-0.05, 0) is 71.0 Å². The molecule has 0 aliphatic heterocycles. The Morgan fingerprint density at radius 1 is 0.833 bits per heavy atom. The highest BCUT2D eigenvalue weighted by molar-refractivity contribution is 7.17. The number of fused-ring (bicyclic) bond motifs is 1. The Morgan fingerprint density at radius 2 is 1.61 bits per heavy atom. The minimum absolute atomic E-state index is 0.243. The topological polar surface area (TPSA) is 44.8 Å². The van der Waals surface area contributed by atoms with Gasteiger partial charge in [-0.15, -0.1) is 11.3 Å². The lowest BCUT2D eigenvalue weighted by Crippen LogP contribution is -2.07. The number of hydrogen-bond donors (Lipinski definition) is 0. The van der Waals surface area contributed by atoms with Gasteiger partial charge in [0.15, 0.2) is 0 Å². The summed E-state index contributed by atoms with van der Waals surface area (Å²) < 4.78 is 18.1. The van der Waals surface area contributed by atoms with E-state index in [0.29, 0.717) is 13.2 Å². The van der Waals surface area contributed by atoms with Gasteiger partial charge in [-0.1, -0.05) is 55.8 Å². The molecule has 0 atom stereocenters. The van der Waals surface area contributed by atoms with Crippen LogP contribution in [0.1, 0.15) is 42.0 Å². The number of methoxy groups -OCH3 is 1. The first-order valence-corrected chi connectivity index (χ1v) is 13.5. The third-order valence-corrected chi connectivity index (χ3v) is 7.33. The molecule has 0 bridgehead atoms. The van der Waals surface area contributed by atoms with Crippen LogP contribution in [0, 0.1) is 0 Å². The molecule has 4 nitrogen and oxygen atoms in total. The van der Waals surface area contributed by atoms with Crippen molar-refractivity contribution in [2.75, 3.05) is 20.3 Å². The highest BCUT2D eigenvalue weighted by Gasteiger charge is 2.13. The van der Waals surface area contributed by atoms with Crippen molar-refractivity contribution in [3.63, 3.8) is 0 Å². The number of benzene rings is 3. The van der Waals surface area contributed by atoms with Crippen LogP contribution in [0.25, 0.3) is 10.1 Å². The average molecular weight is 503 g/mol. The van der Waals surface area contributed by atoms with Crippen LogP contribution in [0.15, 0.2) is 72.1 Å². The molecule has 36 heavy (non-hydrogen) atoms. The SMILES string of the molecule is CCCc1c(OCCCOc2ccc(CC(=O)OC)cc2)ccc2c(CCc3ccccc3)csc12. The van der Waals surface area contributed by atoms with Crippen LogP contribution in [-0.2, 0) is 35.2 Å². The fourth-order valence-electron chi connectivity index (χ4n) is 4.30. The maximum Gasteiger partial charge on any atom is 0.309 e. The third kappa shape index (κ3) is 6.88. The molecule has 4 aromatic rings.